The predicted octanol–water partition coefficient (Wildman–Crippen LogP) is 5.72. The average Bonchev–Trinajstić information content (AvgIpc) is 2.66. The molecule has 1 aromatic carbocycles. The van der Waals surface area contributed by atoms with E-state index < -0.39 is 5.97 Å². The molecule has 27 heavy (non-hydrogen) atoms. The first-order valence-electron chi connectivity index (χ1n) is 10.2. The van der Waals surface area contributed by atoms with Crippen molar-refractivity contribution >= 4 is 11.9 Å². The minimum absolute atomic E-state index is 0.00405. The SMILES string of the molecule is CCCCCCCCCCCOC(=O)CCC(=O)OCc1cccc(F)c1. The van der Waals surface area contributed by atoms with Gasteiger partial charge in [0.05, 0.1) is 19.4 Å². The molecule has 0 radical (unpaired) electrons. The highest BCUT2D eigenvalue weighted by Crippen LogP contribution is 2.10. The molecule has 0 atom stereocenters. The fourth-order valence-corrected chi connectivity index (χ4v) is 2.74. The Hall–Kier alpha value is -1.91. The van der Waals surface area contributed by atoms with Crippen molar-refractivity contribution in [1.82, 2.24) is 0 Å². The van der Waals surface area contributed by atoms with Crippen LogP contribution in [0.2, 0.25) is 0 Å². The summed E-state index contributed by atoms with van der Waals surface area (Å²) >= 11 is 0. The Bertz CT molecular complexity index is 545. The predicted molar refractivity (Wildman–Crippen MR) is 104 cm³/mol. The molecule has 0 amide bonds. The van der Waals surface area contributed by atoms with Gasteiger partial charge in [0.15, 0.2) is 0 Å². The van der Waals surface area contributed by atoms with E-state index in [2.05, 4.69) is 6.92 Å². The van der Waals surface area contributed by atoms with Gasteiger partial charge in [-0.25, -0.2) is 4.39 Å². The van der Waals surface area contributed by atoms with Crippen LogP contribution in [0.3, 0.4) is 0 Å². The second-order valence-corrected chi connectivity index (χ2v) is 6.84. The minimum atomic E-state index is -0.487. The van der Waals surface area contributed by atoms with Crippen molar-refractivity contribution in [3.63, 3.8) is 0 Å². The first kappa shape index (κ1) is 23.1. The van der Waals surface area contributed by atoms with Gasteiger partial charge in [-0.05, 0) is 24.1 Å². The Morgan fingerprint density at radius 1 is 0.852 bits per heavy atom. The van der Waals surface area contributed by atoms with Gasteiger partial charge < -0.3 is 9.47 Å². The van der Waals surface area contributed by atoms with Crippen LogP contribution in [0.15, 0.2) is 24.3 Å². The maximum atomic E-state index is 13.0. The van der Waals surface area contributed by atoms with Crippen LogP contribution in [-0.2, 0) is 25.7 Å². The van der Waals surface area contributed by atoms with Gasteiger partial charge in [0.25, 0.3) is 0 Å². The molecule has 1 aromatic rings. The highest BCUT2D eigenvalue weighted by molar-refractivity contribution is 5.77. The van der Waals surface area contributed by atoms with Crippen molar-refractivity contribution in [2.75, 3.05) is 6.61 Å². The van der Waals surface area contributed by atoms with E-state index in [1.807, 2.05) is 0 Å². The third-order valence-corrected chi connectivity index (χ3v) is 4.33. The molecule has 0 N–H and O–H groups in total. The number of benzene rings is 1. The van der Waals surface area contributed by atoms with Gasteiger partial charge in [0.2, 0.25) is 0 Å². The zero-order valence-electron chi connectivity index (χ0n) is 16.5. The van der Waals surface area contributed by atoms with Gasteiger partial charge in [-0.15, -0.1) is 0 Å². The number of carbonyl (C=O) groups excluding carboxylic acids is 2. The Kier molecular flexibility index (Phi) is 13.0. The van der Waals surface area contributed by atoms with E-state index in [4.69, 9.17) is 9.47 Å². The first-order valence-corrected chi connectivity index (χ1v) is 10.2. The molecule has 0 bridgehead atoms. The van der Waals surface area contributed by atoms with Gasteiger partial charge in [-0.2, -0.15) is 0 Å². The van der Waals surface area contributed by atoms with Crippen molar-refractivity contribution in [3.05, 3.63) is 35.6 Å². The lowest BCUT2D eigenvalue weighted by molar-refractivity contribution is -0.151. The fourth-order valence-electron chi connectivity index (χ4n) is 2.74. The van der Waals surface area contributed by atoms with Crippen LogP contribution in [0.1, 0.15) is 83.1 Å². The summed E-state index contributed by atoms with van der Waals surface area (Å²) in [4.78, 5) is 23.2. The molecular formula is C22H33FO4. The van der Waals surface area contributed by atoms with Crippen molar-refractivity contribution < 1.29 is 23.5 Å². The summed E-state index contributed by atoms with van der Waals surface area (Å²) in [6, 6.07) is 5.87. The van der Waals surface area contributed by atoms with E-state index in [-0.39, 0.29) is 31.2 Å². The summed E-state index contributed by atoms with van der Waals surface area (Å²) < 4.78 is 23.2. The Balaban J connectivity index is 1.95. The molecule has 0 aromatic heterocycles. The standard InChI is InChI=1S/C22H33FO4/c1-2-3-4-5-6-7-8-9-10-16-26-21(24)14-15-22(25)27-18-19-12-11-13-20(23)17-19/h11-13,17H,2-10,14-16,18H2,1H3. The number of halogens is 1. The topological polar surface area (TPSA) is 52.6 Å². The summed E-state index contributed by atoms with van der Waals surface area (Å²) in [5, 5.41) is 0. The Morgan fingerprint density at radius 2 is 1.44 bits per heavy atom. The van der Waals surface area contributed by atoms with Crippen LogP contribution in [0.25, 0.3) is 0 Å². The molecule has 152 valence electrons. The zero-order chi connectivity index (χ0) is 19.7. The van der Waals surface area contributed by atoms with E-state index in [0.717, 1.165) is 12.8 Å². The van der Waals surface area contributed by atoms with Gasteiger partial charge >= 0.3 is 11.9 Å². The summed E-state index contributed by atoms with van der Waals surface area (Å²) in [5.74, 6) is -1.24. The number of unbranched alkanes of at least 4 members (excludes halogenated alkanes) is 8. The van der Waals surface area contributed by atoms with Crippen molar-refractivity contribution in [2.24, 2.45) is 0 Å². The van der Waals surface area contributed by atoms with Crippen LogP contribution in [0.4, 0.5) is 4.39 Å². The lowest BCUT2D eigenvalue weighted by Gasteiger charge is -2.06. The Labute approximate surface area is 162 Å². The smallest absolute Gasteiger partial charge is 0.306 e. The van der Waals surface area contributed by atoms with E-state index in [0.29, 0.717) is 12.2 Å². The van der Waals surface area contributed by atoms with Crippen LogP contribution in [0, 0.1) is 5.82 Å². The van der Waals surface area contributed by atoms with Gasteiger partial charge in [0, 0.05) is 0 Å². The lowest BCUT2D eigenvalue weighted by Crippen LogP contribution is -2.11. The number of esters is 2. The van der Waals surface area contributed by atoms with Crippen molar-refractivity contribution in [2.45, 2.75) is 84.2 Å². The van der Waals surface area contributed by atoms with Crippen LogP contribution >= 0.6 is 0 Å². The normalized spacial score (nSPS) is 10.6. The molecule has 4 nitrogen and oxygen atoms in total. The lowest BCUT2D eigenvalue weighted by atomic mass is 10.1. The summed E-state index contributed by atoms with van der Waals surface area (Å²) in [7, 11) is 0. The molecule has 0 aliphatic carbocycles. The van der Waals surface area contributed by atoms with Gasteiger partial charge in [0.1, 0.15) is 12.4 Å². The quantitative estimate of drug-likeness (QED) is 0.288. The first-order chi connectivity index (χ1) is 13.1. The number of carbonyl (C=O) groups is 2. The van der Waals surface area contributed by atoms with Crippen LogP contribution in [-0.4, -0.2) is 18.5 Å². The second-order valence-electron chi connectivity index (χ2n) is 6.84. The van der Waals surface area contributed by atoms with Crippen LogP contribution in [0.5, 0.6) is 0 Å². The van der Waals surface area contributed by atoms with E-state index in [1.54, 1.807) is 12.1 Å². The van der Waals surface area contributed by atoms with Crippen molar-refractivity contribution in [1.29, 1.82) is 0 Å². The molecule has 0 saturated heterocycles. The molecule has 0 unspecified atom stereocenters. The van der Waals surface area contributed by atoms with Gasteiger partial charge in [-0.1, -0.05) is 70.4 Å². The molecular weight excluding hydrogens is 347 g/mol. The molecule has 0 aliphatic rings. The second kappa shape index (κ2) is 15.2. The highest BCUT2D eigenvalue weighted by atomic mass is 19.1. The third kappa shape index (κ3) is 13.0. The number of hydrogen-bond acceptors (Lipinski definition) is 4. The molecule has 0 heterocycles. The monoisotopic (exact) mass is 380 g/mol. The zero-order valence-corrected chi connectivity index (χ0v) is 16.5. The molecule has 1 rings (SSSR count). The van der Waals surface area contributed by atoms with Crippen LogP contribution < -0.4 is 0 Å². The molecule has 0 aliphatic heterocycles. The summed E-state index contributed by atoms with van der Waals surface area (Å²) in [6.07, 6.45) is 10.9. The fraction of sp³-hybridized carbons (Fsp3) is 0.636. The largest absolute Gasteiger partial charge is 0.466 e. The summed E-state index contributed by atoms with van der Waals surface area (Å²) in [6.45, 7) is 2.63. The highest BCUT2D eigenvalue weighted by Gasteiger charge is 2.09. The maximum Gasteiger partial charge on any atom is 0.306 e. The van der Waals surface area contributed by atoms with Crippen molar-refractivity contribution in [3.8, 4) is 0 Å². The minimum Gasteiger partial charge on any atom is -0.466 e. The maximum absolute atomic E-state index is 13.0. The number of rotatable bonds is 15. The molecule has 0 fully saturated rings. The number of hydrogen-bond donors (Lipinski definition) is 0. The van der Waals surface area contributed by atoms with E-state index >= 15 is 0 Å². The van der Waals surface area contributed by atoms with Gasteiger partial charge in [-0.3, -0.25) is 9.59 Å². The summed E-state index contributed by atoms with van der Waals surface area (Å²) in [5.41, 5.74) is 0.580. The number of ether oxygens (including phenoxy) is 2. The average molecular weight is 381 g/mol. The molecule has 5 heteroatoms. The Morgan fingerprint density at radius 3 is 2.07 bits per heavy atom. The third-order valence-electron chi connectivity index (χ3n) is 4.33. The van der Waals surface area contributed by atoms with E-state index in [1.165, 1.54) is 57.1 Å². The molecule has 0 spiro atoms. The van der Waals surface area contributed by atoms with E-state index in [9.17, 15) is 14.0 Å². The molecule has 0 saturated carbocycles.